The number of H-pyrrole nitrogens is 1. The first kappa shape index (κ1) is 15.5. The molecule has 2 heterocycles. The molecule has 0 saturated carbocycles. The van der Waals surface area contributed by atoms with Crippen LogP contribution in [0.3, 0.4) is 0 Å². The van der Waals surface area contributed by atoms with Gasteiger partial charge in [0.25, 0.3) is 10.0 Å². The largest absolute Gasteiger partial charge is 0.311 e. The second kappa shape index (κ2) is 6.68. The third kappa shape index (κ3) is 3.79. The van der Waals surface area contributed by atoms with Gasteiger partial charge in [-0.3, -0.25) is 14.8 Å². The highest BCUT2D eigenvalue weighted by Gasteiger charge is 2.24. The van der Waals surface area contributed by atoms with Gasteiger partial charge in [0.1, 0.15) is 4.90 Å². The van der Waals surface area contributed by atoms with E-state index in [4.69, 9.17) is 0 Å². The summed E-state index contributed by atoms with van der Waals surface area (Å²) < 4.78 is 27.5. The van der Waals surface area contributed by atoms with Gasteiger partial charge in [0.15, 0.2) is 0 Å². The van der Waals surface area contributed by atoms with Crippen LogP contribution in [-0.4, -0.2) is 30.1 Å². The lowest BCUT2D eigenvalue weighted by molar-refractivity contribution is 0.596. The number of aromatic amines is 1. The highest BCUT2D eigenvalue weighted by atomic mass is 32.2. The first-order valence-electron chi connectivity index (χ1n) is 6.72. The number of anilines is 1. The minimum atomic E-state index is -3.69. The van der Waals surface area contributed by atoms with E-state index >= 15 is 0 Å². The summed E-state index contributed by atoms with van der Waals surface area (Å²) in [6, 6.07) is 3.32. The number of nitrogens with one attached hydrogen (secondary N) is 3. The maximum Gasteiger partial charge on any atom is 0.265 e. The fourth-order valence-electron chi connectivity index (χ4n) is 1.96. The SMILES string of the molecule is CCCNCc1n[nH]c(C)c1S(=O)(=O)Nc1cccnc1. The van der Waals surface area contributed by atoms with Crippen LogP contribution in [0.5, 0.6) is 0 Å². The van der Waals surface area contributed by atoms with Gasteiger partial charge in [0, 0.05) is 12.7 Å². The number of rotatable bonds is 7. The zero-order valence-corrected chi connectivity index (χ0v) is 12.9. The molecule has 8 heteroatoms. The van der Waals surface area contributed by atoms with E-state index in [0.717, 1.165) is 13.0 Å². The van der Waals surface area contributed by atoms with E-state index < -0.39 is 10.0 Å². The molecule has 0 atom stereocenters. The Kier molecular flexibility index (Phi) is 4.92. The molecule has 0 aliphatic carbocycles. The molecule has 2 rings (SSSR count). The van der Waals surface area contributed by atoms with Crippen LogP contribution in [0.2, 0.25) is 0 Å². The van der Waals surface area contributed by atoms with Gasteiger partial charge in [-0.05, 0) is 32.0 Å². The van der Waals surface area contributed by atoms with Gasteiger partial charge in [-0.15, -0.1) is 0 Å². The summed E-state index contributed by atoms with van der Waals surface area (Å²) in [6.07, 6.45) is 4.02. The number of nitrogens with zero attached hydrogens (tertiary/aromatic N) is 2. The predicted octanol–water partition coefficient (Wildman–Crippen LogP) is 1.41. The Morgan fingerprint density at radius 1 is 1.38 bits per heavy atom. The fourth-order valence-corrected chi connectivity index (χ4v) is 3.37. The first-order valence-corrected chi connectivity index (χ1v) is 8.20. The molecule has 21 heavy (non-hydrogen) atoms. The minimum Gasteiger partial charge on any atom is -0.311 e. The Morgan fingerprint density at radius 3 is 2.86 bits per heavy atom. The molecule has 0 aliphatic rings. The van der Waals surface area contributed by atoms with Crippen LogP contribution in [0.4, 0.5) is 5.69 Å². The van der Waals surface area contributed by atoms with E-state index in [-0.39, 0.29) is 4.90 Å². The van der Waals surface area contributed by atoms with Crippen molar-refractivity contribution in [3.8, 4) is 0 Å². The van der Waals surface area contributed by atoms with Crippen molar-refractivity contribution in [2.45, 2.75) is 31.7 Å². The molecule has 0 spiro atoms. The molecular weight excluding hydrogens is 290 g/mol. The Labute approximate surface area is 124 Å². The molecular formula is C13H19N5O2S. The topological polar surface area (TPSA) is 99.8 Å². The maximum atomic E-state index is 12.5. The zero-order chi connectivity index (χ0) is 15.3. The average Bonchev–Trinajstić information content (AvgIpc) is 2.82. The van der Waals surface area contributed by atoms with Crippen LogP contribution in [0, 0.1) is 6.92 Å². The van der Waals surface area contributed by atoms with Gasteiger partial charge < -0.3 is 5.32 Å². The second-order valence-corrected chi connectivity index (χ2v) is 6.27. The molecule has 0 bridgehead atoms. The lowest BCUT2D eigenvalue weighted by atomic mass is 10.3. The number of hydrogen-bond acceptors (Lipinski definition) is 5. The van der Waals surface area contributed by atoms with Crippen molar-refractivity contribution >= 4 is 15.7 Å². The number of pyridine rings is 1. The van der Waals surface area contributed by atoms with Crippen LogP contribution in [-0.2, 0) is 16.6 Å². The minimum absolute atomic E-state index is 0.190. The Balaban J connectivity index is 2.25. The molecule has 0 saturated heterocycles. The van der Waals surface area contributed by atoms with Gasteiger partial charge in [0.2, 0.25) is 0 Å². The van der Waals surface area contributed by atoms with Crippen LogP contribution < -0.4 is 10.0 Å². The summed E-state index contributed by atoms with van der Waals surface area (Å²) in [5.41, 5.74) is 1.42. The maximum absolute atomic E-state index is 12.5. The molecule has 0 radical (unpaired) electrons. The standard InChI is InChI=1S/C13H19N5O2S/c1-3-6-14-9-12-13(10(2)16-17-12)21(19,20)18-11-5-4-7-15-8-11/h4-5,7-8,14,18H,3,6,9H2,1-2H3,(H,16,17). The normalized spacial score (nSPS) is 11.5. The van der Waals surface area contributed by atoms with Gasteiger partial charge in [-0.25, -0.2) is 8.42 Å². The van der Waals surface area contributed by atoms with Crippen molar-refractivity contribution in [1.29, 1.82) is 0 Å². The van der Waals surface area contributed by atoms with Gasteiger partial charge in [0.05, 0.1) is 23.3 Å². The Bertz CT molecular complexity index is 682. The quantitative estimate of drug-likeness (QED) is 0.672. The van der Waals surface area contributed by atoms with E-state index in [1.54, 1.807) is 25.3 Å². The van der Waals surface area contributed by atoms with Crippen LogP contribution >= 0.6 is 0 Å². The highest BCUT2D eigenvalue weighted by molar-refractivity contribution is 7.92. The second-order valence-electron chi connectivity index (χ2n) is 4.65. The molecule has 0 aliphatic heterocycles. The van der Waals surface area contributed by atoms with Crippen LogP contribution in [0.1, 0.15) is 24.7 Å². The summed E-state index contributed by atoms with van der Waals surface area (Å²) in [6.45, 7) is 4.95. The third-order valence-corrected chi connectivity index (χ3v) is 4.45. The molecule has 0 amide bonds. The van der Waals surface area contributed by atoms with Crippen molar-refractivity contribution in [2.24, 2.45) is 0 Å². The van der Waals surface area contributed by atoms with E-state index in [1.165, 1.54) is 6.20 Å². The van der Waals surface area contributed by atoms with Crippen molar-refractivity contribution < 1.29 is 8.42 Å². The lowest BCUT2D eigenvalue weighted by Gasteiger charge is -2.09. The molecule has 114 valence electrons. The van der Waals surface area contributed by atoms with Gasteiger partial charge in [-0.1, -0.05) is 6.92 Å². The van der Waals surface area contributed by atoms with E-state index in [1.807, 2.05) is 6.92 Å². The lowest BCUT2D eigenvalue weighted by Crippen LogP contribution is -2.19. The summed E-state index contributed by atoms with van der Waals surface area (Å²) >= 11 is 0. The molecule has 0 unspecified atom stereocenters. The van der Waals surface area contributed by atoms with E-state index in [2.05, 4.69) is 25.2 Å². The summed E-state index contributed by atoms with van der Waals surface area (Å²) in [7, 11) is -3.69. The van der Waals surface area contributed by atoms with E-state index in [0.29, 0.717) is 23.6 Å². The van der Waals surface area contributed by atoms with Crippen LogP contribution in [0.15, 0.2) is 29.4 Å². The van der Waals surface area contributed by atoms with E-state index in [9.17, 15) is 8.42 Å². The Morgan fingerprint density at radius 2 is 2.19 bits per heavy atom. The fraction of sp³-hybridized carbons (Fsp3) is 0.385. The number of aryl methyl sites for hydroxylation is 1. The smallest absolute Gasteiger partial charge is 0.265 e. The summed E-state index contributed by atoms with van der Waals surface area (Å²) in [5.74, 6) is 0. The third-order valence-electron chi connectivity index (χ3n) is 2.86. The van der Waals surface area contributed by atoms with Crippen molar-refractivity contribution in [2.75, 3.05) is 11.3 Å². The molecule has 3 N–H and O–H groups in total. The summed E-state index contributed by atoms with van der Waals surface area (Å²) in [5, 5.41) is 9.96. The summed E-state index contributed by atoms with van der Waals surface area (Å²) in [4.78, 5) is 4.08. The van der Waals surface area contributed by atoms with Gasteiger partial charge in [-0.2, -0.15) is 5.10 Å². The predicted molar refractivity (Wildman–Crippen MR) is 80.4 cm³/mol. The van der Waals surface area contributed by atoms with Crippen molar-refractivity contribution in [3.63, 3.8) is 0 Å². The number of aromatic nitrogens is 3. The number of sulfonamides is 1. The molecule has 0 aromatic carbocycles. The number of hydrogen-bond donors (Lipinski definition) is 3. The van der Waals surface area contributed by atoms with Crippen molar-refractivity contribution in [1.82, 2.24) is 20.5 Å². The van der Waals surface area contributed by atoms with Gasteiger partial charge >= 0.3 is 0 Å². The Hall–Kier alpha value is -1.93. The average molecular weight is 309 g/mol. The first-order chi connectivity index (χ1) is 10.0. The monoisotopic (exact) mass is 309 g/mol. The zero-order valence-electron chi connectivity index (χ0n) is 12.0. The highest BCUT2D eigenvalue weighted by Crippen LogP contribution is 2.20. The van der Waals surface area contributed by atoms with Crippen molar-refractivity contribution in [3.05, 3.63) is 35.9 Å². The molecule has 7 nitrogen and oxygen atoms in total. The van der Waals surface area contributed by atoms with Crippen LogP contribution in [0.25, 0.3) is 0 Å². The molecule has 2 aromatic rings. The molecule has 0 fully saturated rings. The molecule has 2 aromatic heterocycles.